The molecule has 1 aromatic rings. The molecule has 0 spiro atoms. The molecule has 2 aliphatic heterocycles. The molecule has 156 valence electrons. The number of pyridine rings is 1. The highest BCUT2D eigenvalue weighted by atomic mass is 16.5. The average Bonchev–Trinajstić information content (AvgIpc) is 3.56. The van der Waals surface area contributed by atoms with E-state index in [2.05, 4.69) is 27.4 Å². The Labute approximate surface area is 174 Å². The van der Waals surface area contributed by atoms with Crippen LogP contribution in [-0.2, 0) is 19.1 Å². The lowest BCUT2D eigenvalue weighted by Gasteiger charge is -2.37. The third-order valence-corrected chi connectivity index (χ3v) is 7.43. The molecule has 8 nitrogen and oxygen atoms in total. The second kappa shape index (κ2) is 6.63. The second-order valence-corrected chi connectivity index (χ2v) is 8.94. The standard InChI is InChI=1S/C22H24N4O4/c27-17(24-16-2-1-5-23-20(16)25-6-8-30-9-7-25)11-26-21(28)18-12-3-4-13(15-10-14(12)15)19(18)22(26)29/h1-5,12-15,18-19H,6-11H2,(H,24,27)/t12-,13+,14-,15-,18+,19-/m1/s1. The lowest BCUT2D eigenvalue weighted by molar-refractivity contribution is -0.142. The molecule has 6 aliphatic rings. The van der Waals surface area contributed by atoms with Crippen molar-refractivity contribution in [3.05, 3.63) is 30.5 Å². The molecule has 0 aromatic carbocycles. The molecule has 4 aliphatic carbocycles. The molecule has 2 saturated carbocycles. The monoisotopic (exact) mass is 408 g/mol. The van der Waals surface area contributed by atoms with Crippen LogP contribution in [0.2, 0.25) is 0 Å². The van der Waals surface area contributed by atoms with E-state index in [0.29, 0.717) is 49.6 Å². The molecule has 7 rings (SSSR count). The first-order valence-electron chi connectivity index (χ1n) is 10.7. The number of nitrogens with zero attached hydrogens (tertiary/aromatic N) is 3. The number of allylic oxidation sites excluding steroid dienone is 2. The maximum absolute atomic E-state index is 13.1. The Bertz CT molecular complexity index is 920. The Morgan fingerprint density at radius 1 is 1.10 bits per heavy atom. The lowest BCUT2D eigenvalue weighted by Crippen LogP contribution is -2.40. The third kappa shape index (κ3) is 2.62. The van der Waals surface area contributed by atoms with Crippen LogP contribution in [0.3, 0.4) is 0 Å². The van der Waals surface area contributed by atoms with Crippen LogP contribution >= 0.6 is 0 Å². The molecule has 2 saturated heterocycles. The summed E-state index contributed by atoms with van der Waals surface area (Å²) in [6.07, 6.45) is 7.09. The minimum absolute atomic E-state index is 0.167. The number of ether oxygens (including phenoxy) is 1. The van der Waals surface area contributed by atoms with Crippen LogP contribution in [0.1, 0.15) is 6.42 Å². The molecule has 3 amide bonds. The van der Waals surface area contributed by atoms with Gasteiger partial charge in [0.15, 0.2) is 5.82 Å². The van der Waals surface area contributed by atoms with E-state index in [1.54, 1.807) is 18.3 Å². The third-order valence-electron chi connectivity index (χ3n) is 7.43. The molecule has 0 radical (unpaired) electrons. The van der Waals surface area contributed by atoms with Gasteiger partial charge in [-0.1, -0.05) is 12.2 Å². The number of likely N-dealkylation sites (tertiary alicyclic amines) is 1. The van der Waals surface area contributed by atoms with Gasteiger partial charge in [-0.15, -0.1) is 0 Å². The zero-order valence-corrected chi connectivity index (χ0v) is 16.6. The Kier molecular flexibility index (Phi) is 3.99. The number of morpholine rings is 1. The van der Waals surface area contributed by atoms with E-state index in [9.17, 15) is 14.4 Å². The number of imide groups is 1. The molecule has 4 fully saturated rings. The van der Waals surface area contributed by atoms with Crippen molar-refractivity contribution in [1.82, 2.24) is 9.88 Å². The molecule has 1 aromatic heterocycles. The van der Waals surface area contributed by atoms with Crippen molar-refractivity contribution < 1.29 is 19.1 Å². The Balaban J connectivity index is 1.18. The van der Waals surface area contributed by atoms with Gasteiger partial charge >= 0.3 is 0 Å². The SMILES string of the molecule is O=C(CN1C(=O)[C@@H]2[C@H]3C=C[C@H]([C@H]4C[C@H]34)[C@@H]2C1=O)Nc1cccnc1N1CCOCC1. The zero-order chi connectivity index (χ0) is 20.4. The molecule has 0 unspecified atom stereocenters. The van der Waals surface area contributed by atoms with Crippen LogP contribution in [0, 0.1) is 35.5 Å². The highest BCUT2D eigenvalue weighted by molar-refractivity contribution is 6.09. The van der Waals surface area contributed by atoms with Crippen LogP contribution < -0.4 is 10.2 Å². The van der Waals surface area contributed by atoms with Crippen molar-refractivity contribution in [1.29, 1.82) is 0 Å². The van der Waals surface area contributed by atoms with Crippen molar-refractivity contribution in [3.63, 3.8) is 0 Å². The van der Waals surface area contributed by atoms with E-state index in [-0.39, 0.29) is 47.9 Å². The molecule has 3 heterocycles. The maximum atomic E-state index is 13.1. The van der Waals surface area contributed by atoms with Gasteiger partial charge in [-0.2, -0.15) is 0 Å². The zero-order valence-electron chi connectivity index (χ0n) is 16.6. The van der Waals surface area contributed by atoms with Crippen LogP contribution in [-0.4, -0.2) is 60.5 Å². The first-order chi connectivity index (χ1) is 14.6. The molecule has 30 heavy (non-hydrogen) atoms. The fraction of sp³-hybridized carbons (Fsp3) is 0.545. The largest absolute Gasteiger partial charge is 0.378 e. The summed E-state index contributed by atoms with van der Waals surface area (Å²) in [6, 6.07) is 3.55. The minimum atomic E-state index is -0.372. The summed E-state index contributed by atoms with van der Waals surface area (Å²) in [5, 5.41) is 2.87. The molecular weight excluding hydrogens is 384 g/mol. The van der Waals surface area contributed by atoms with Crippen molar-refractivity contribution >= 4 is 29.2 Å². The number of nitrogens with one attached hydrogen (secondary N) is 1. The van der Waals surface area contributed by atoms with E-state index in [4.69, 9.17) is 4.74 Å². The number of amides is 3. The van der Waals surface area contributed by atoms with E-state index < -0.39 is 0 Å². The summed E-state index contributed by atoms with van der Waals surface area (Å²) in [6.45, 7) is 2.38. The first-order valence-corrected chi connectivity index (χ1v) is 10.7. The van der Waals surface area contributed by atoms with Crippen LogP contribution in [0.5, 0.6) is 0 Å². The summed E-state index contributed by atoms with van der Waals surface area (Å²) < 4.78 is 5.39. The van der Waals surface area contributed by atoms with Gasteiger partial charge < -0.3 is 15.0 Å². The number of hydrogen-bond acceptors (Lipinski definition) is 6. The molecule has 6 atom stereocenters. The van der Waals surface area contributed by atoms with Gasteiger partial charge in [0, 0.05) is 19.3 Å². The highest BCUT2D eigenvalue weighted by Crippen LogP contribution is 2.65. The van der Waals surface area contributed by atoms with E-state index in [1.165, 1.54) is 4.90 Å². The molecule has 2 bridgehead atoms. The predicted molar refractivity (Wildman–Crippen MR) is 107 cm³/mol. The lowest BCUT2D eigenvalue weighted by atomic mass is 9.63. The van der Waals surface area contributed by atoms with Crippen LogP contribution in [0.25, 0.3) is 0 Å². The topological polar surface area (TPSA) is 91.8 Å². The van der Waals surface area contributed by atoms with Gasteiger partial charge in [0.1, 0.15) is 6.54 Å². The quantitative estimate of drug-likeness (QED) is 0.588. The van der Waals surface area contributed by atoms with E-state index in [1.807, 2.05) is 0 Å². The fourth-order valence-corrected chi connectivity index (χ4v) is 6.03. The smallest absolute Gasteiger partial charge is 0.244 e. The average molecular weight is 408 g/mol. The van der Waals surface area contributed by atoms with Gasteiger partial charge in [0.05, 0.1) is 30.7 Å². The Morgan fingerprint density at radius 2 is 1.77 bits per heavy atom. The minimum Gasteiger partial charge on any atom is -0.378 e. The van der Waals surface area contributed by atoms with E-state index >= 15 is 0 Å². The van der Waals surface area contributed by atoms with Crippen molar-refractivity contribution in [2.24, 2.45) is 35.5 Å². The Hall–Kier alpha value is -2.74. The number of anilines is 2. The Morgan fingerprint density at radius 3 is 2.43 bits per heavy atom. The second-order valence-electron chi connectivity index (χ2n) is 8.94. The summed E-state index contributed by atoms with van der Waals surface area (Å²) in [7, 11) is 0. The van der Waals surface area contributed by atoms with Gasteiger partial charge in [-0.05, 0) is 42.2 Å². The summed E-state index contributed by atoms with van der Waals surface area (Å²) in [5.41, 5.74) is 0.587. The number of carbonyl (C=O) groups is 3. The van der Waals surface area contributed by atoms with E-state index in [0.717, 1.165) is 6.42 Å². The summed E-state index contributed by atoms with van der Waals surface area (Å²) in [5.74, 6) is 0.858. The number of rotatable bonds is 4. The fourth-order valence-electron chi connectivity index (χ4n) is 6.03. The van der Waals surface area contributed by atoms with Crippen molar-refractivity contribution in [3.8, 4) is 0 Å². The van der Waals surface area contributed by atoms with Crippen LogP contribution in [0.15, 0.2) is 30.5 Å². The predicted octanol–water partition coefficient (Wildman–Crippen LogP) is 0.910. The molecule has 8 heteroatoms. The first kappa shape index (κ1) is 18.1. The summed E-state index contributed by atoms with van der Waals surface area (Å²) in [4.78, 5) is 46.6. The number of hydrogen-bond donors (Lipinski definition) is 1. The van der Waals surface area contributed by atoms with Crippen molar-refractivity contribution in [2.45, 2.75) is 6.42 Å². The normalized spacial score (nSPS) is 36.0. The number of aromatic nitrogens is 1. The number of carbonyl (C=O) groups excluding carboxylic acids is 3. The van der Waals surface area contributed by atoms with Gasteiger partial charge in [-0.25, -0.2) is 4.98 Å². The molecular formula is C22H24N4O4. The van der Waals surface area contributed by atoms with Gasteiger partial charge in [0.25, 0.3) is 0 Å². The maximum Gasteiger partial charge on any atom is 0.244 e. The van der Waals surface area contributed by atoms with Crippen LogP contribution in [0.4, 0.5) is 11.5 Å². The highest BCUT2D eigenvalue weighted by Gasteiger charge is 2.67. The van der Waals surface area contributed by atoms with Crippen molar-refractivity contribution in [2.75, 3.05) is 43.1 Å². The van der Waals surface area contributed by atoms with Gasteiger partial charge in [0.2, 0.25) is 17.7 Å². The molecule has 1 N–H and O–H groups in total. The summed E-state index contributed by atoms with van der Waals surface area (Å²) >= 11 is 0. The van der Waals surface area contributed by atoms with Gasteiger partial charge in [-0.3, -0.25) is 19.3 Å².